The van der Waals surface area contributed by atoms with E-state index in [-0.39, 0.29) is 5.91 Å². The van der Waals surface area contributed by atoms with Crippen LogP contribution in [0.25, 0.3) is 0 Å². The molecule has 1 saturated carbocycles. The zero-order chi connectivity index (χ0) is 14.7. The van der Waals surface area contributed by atoms with E-state index in [0.717, 1.165) is 28.6 Å². The maximum absolute atomic E-state index is 12.0. The van der Waals surface area contributed by atoms with Crippen LogP contribution < -0.4 is 10.6 Å². The van der Waals surface area contributed by atoms with Gasteiger partial charge < -0.3 is 10.6 Å². The van der Waals surface area contributed by atoms with Crippen molar-refractivity contribution in [1.82, 2.24) is 10.3 Å². The lowest BCUT2D eigenvalue weighted by molar-refractivity contribution is 0.0951. The van der Waals surface area contributed by atoms with Gasteiger partial charge in [0.25, 0.3) is 5.91 Å². The first-order chi connectivity index (χ1) is 10.2. The fraction of sp³-hybridized carbons (Fsp3) is 0.250. The first kappa shape index (κ1) is 14.1. The monoisotopic (exact) mass is 345 g/mol. The summed E-state index contributed by atoms with van der Waals surface area (Å²) < 4.78 is 0.958. The summed E-state index contributed by atoms with van der Waals surface area (Å²) in [5.74, 6) is 0.00488. The predicted octanol–water partition coefficient (Wildman–Crippen LogP) is 3.35. The van der Waals surface area contributed by atoms with Crippen LogP contribution in [0.4, 0.5) is 5.69 Å². The number of halogens is 1. The van der Waals surface area contributed by atoms with Gasteiger partial charge in [0.2, 0.25) is 0 Å². The Kier molecular flexibility index (Phi) is 4.20. The molecule has 0 atom stereocenters. The van der Waals surface area contributed by atoms with Crippen LogP contribution in [0.1, 0.15) is 28.8 Å². The number of aromatic nitrogens is 1. The molecule has 1 aromatic heterocycles. The van der Waals surface area contributed by atoms with Crippen LogP contribution in [0.5, 0.6) is 0 Å². The topological polar surface area (TPSA) is 54.0 Å². The maximum Gasteiger partial charge on any atom is 0.251 e. The Balaban J connectivity index is 1.63. The molecule has 108 valence electrons. The molecule has 1 aliphatic carbocycles. The second-order valence-electron chi connectivity index (χ2n) is 5.19. The second-order valence-corrected chi connectivity index (χ2v) is 6.11. The minimum absolute atomic E-state index is 0.00488. The summed E-state index contributed by atoms with van der Waals surface area (Å²) in [5.41, 5.74) is 2.70. The summed E-state index contributed by atoms with van der Waals surface area (Å²) in [5, 5.41) is 6.31. The number of benzene rings is 1. The average molecular weight is 346 g/mol. The van der Waals surface area contributed by atoms with Gasteiger partial charge in [0.1, 0.15) is 0 Å². The first-order valence-electron chi connectivity index (χ1n) is 6.95. The lowest BCUT2D eigenvalue weighted by atomic mass is 10.2. The Bertz CT molecular complexity index is 655. The Morgan fingerprint density at radius 1 is 1.29 bits per heavy atom. The molecule has 0 unspecified atom stereocenters. The number of amides is 1. The van der Waals surface area contributed by atoms with E-state index in [0.29, 0.717) is 18.2 Å². The molecule has 0 saturated heterocycles. The molecule has 1 amide bonds. The summed E-state index contributed by atoms with van der Waals surface area (Å²) in [6, 6.07) is 9.96. The standard InChI is InChI=1S/C16H16BrN3O/c17-13-6-11(8-18-10-13)9-19-15-3-1-2-12(7-15)16(21)20-14-4-5-14/h1-3,6-8,10,14,19H,4-5,9H2,(H,20,21). The Hall–Kier alpha value is -1.88. The van der Waals surface area contributed by atoms with E-state index in [1.54, 1.807) is 6.20 Å². The molecular formula is C16H16BrN3O. The molecule has 1 heterocycles. The smallest absolute Gasteiger partial charge is 0.251 e. The lowest BCUT2D eigenvalue weighted by Crippen LogP contribution is -2.25. The van der Waals surface area contributed by atoms with E-state index < -0.39 is 0 Å². The second kappa shape index (κ2) is 6.26. The van der Waals surface area contributed by atoms with Gasteiger partial charge in [0, 0.05) is 40.7 Å². The molecule has 21 heavy (non-hydrogen) atoms. The van der Waals surface area contributed by atoms with E-state index in [9.17, 15) is 4.79 Å². The number of pyridine rings is 1. The summed E-state index contributed by atoms with van der Waals surface area (Å²) >= 11 is 3.40. The van der Waals surface area contributed by atoms with Gasteiger partial charge in [-0.3, -0.25) is 9.78 Å². The predicted molar refractivity (Wildman–Crippen MR) is 86.2 cm³/mol. The number of carbonyl (C=O) groups excluding carboxylic acids is 1. The number of hydrogen-bond acceptors (Lipinski definition) is 3. The number of nitrogens with one attached hydrogen (secondary N) is 2. The molecule has 5 heteroatoms. The van der Waals surface area contributed by atoms with Gasteiger partial charge in [-0.05, 0) is 58.6 Å². The van der Waals surface area contributed by atoms with E-state index in [1.807, 2.05) is 36.5 Å². The Morgan fingerprint density at radius 3 is 2.90 bits per heavy atom. The van der Waals surface area contributed by atoms with Crippen molar-refractivity contribution in [3.63, 3.8) is 0 Å². The summed E-state index contributed by atoms with van der Waals surface area (Å²) in [6.45, 7) is 0.667. The van der Waals surface area contributed by atoms with Crippen LogP contribution in [0, 0.1) is 0 Å². The van der Waals surface area contributed by atoms with Crippen LogP contribution in [-0.2, 0) is 6.54 Å². The van der Waals surface area contributed by atoms with Crippen LogP contribution in [-0.4, -0.2) is 16.9 Å². The lowest BCUT2D eigenvalue weighted by Gasteiger charge is -2.09. The zero-order valence-electron chi connectivity index (χ0n) is 11.5. The third-order valence-corrected chi connectivity index (χ3v) is 3.73. The van der Waals surface area contributed by atoms with E-state index in [1.165, 1.54) is 0 Å². The molecule has 3 rings (SSSR count). The first-order valence-corrected chi connectivity index (χ1v) is 7.74. The third kappa shape index (κ3) is 4.04. The van der Waals surface area contributed by atoms with Crippen molar-refractivity contribution >= 4 is 27.5 Å². The van der Waals surface area contributed by atoms with E-state index >= 15 is 0 Å². The highest BCUT2D eigenvalue weighted by atomic mass is 79.9. The van der Waals surface area contributed by atoms with Crippen LogP contribution in [0.2, 0.25) is 0 Å². The summed E-state index contributed by atoms with van der Waals surface area (Å²) in [7, 11) is 0. The number of carbonyl (C=O) groups is 1. The molecule has 0 radical (unpaired) electrons. The normalized spacial score (nSPS) is 13.8. The zero-order valence-corrected chi connectivity index (χ0v) is 13.1. The van der Waals surface area contributed by atoms with Crippen molar-refractivity contribution in [2.24, 2.45) is 0 Å². The number of anilines is 1. The molecule has 2 aromatic rings. The van der Waals surface area contributed by atoms with Crippen molar-refractivity contribution in [2.45, 2.75) is 25.4 Å². The molecule has 4 nitrogen and oxygen atoms in total. The molecule has 0 aliphatic heterocycles. The van der Waals surface area contributed by atoms with Crippen molar-refractivity contribution in [3.8, 4) is 0 Å². The maximum atomic E-state index is 12.0. The molecule has 1 aliphatic rings. The van der Waals surface area contributed by atoms with Gasteiger partial charge in [-0.25, -0.2) is 0 Å². The van der Waals surface area contributed by atoms with Gasteiger partial charge in [0.05, 0.1) is 0 Å². The van der Waals surface area contributed by atoms with Crippen molar-refractivity contribution < 1.29 is 4.79 Å². The highest BCUT2D eigenvalue weighted by Crippen LogP contribution is 2.20. The van der Waals surface area contributed by atoms with Crippen LogP contribution in [0.15, 0.2) is 47.2 Å². The number of hydrogen-bond donors (Lipinski definition) is 2. The van der Waals surface area contributed by atoms with Crippen LogP contribution >= 0.6 is 15.9 Å². The largest absolute Gasteiger partial charge is 0.381 e. The Morgan fingerprint density at radius 2 is 2.14 bits per heavy atom. The van der Waals surface area contributed by atoms with Gasteiger partial charge in [-0.15, -0.1) is 0 Å². The molecule has 2 N–H and O–H groups in total. The Labute approximate surface area is 132 Å². The quantitative estimate of drug-likeness (QED) is 0.873. The SMILES string of the molecule is O=C(NC1CC1)c1cccc(NCc2cncc(Br)c2)c1. The van der Waals surface area contributed by atoms with Crippen molar-refractivity contribution in [1.29, 1.82) is 0 Å². The molecular weight excluding hydrogens is 330 g/mol. The van der Waals surface area contributed by atoms with Gasteiger partial charge >= 0.3 is 0 Å². The molecule has 0 bridgehead atoms. The highest BCUT2D eigenvalue weighted by molar-refractivity contribution is 9.10. The average Bonchev–Trinajstić information content (AvgIpc) is 3.29. The van der Waals surface area contributed by atoms with Crippen molar-refractivity contribution in [2.75, 3.05) is 5.32 Å². The molecule has 0 spiro atoms. The van der Waals surface area contributed by atoms with E-state index in [2.05, 4.69) is 31.5 Å². The fourth-order valence-corrected chi connectivity index (χ4v) is 2.44. The summed E-state index contributed by atoms with van der Waals surface area (Å²) in [4.78, 5) is 16.1. The van der Waals surface area contributed by atoms with Gasteiger partial charge in [-0.2, -0.15) is 0 Å². The number of nitrogens with zero attached hydrogens (tertiary/aromatic N) is 1. The molecule has 1 fully saturated rings. The van der Waals surface area contributed by atoms with Gasteiger partial charge in [0.15, 0.2) is 0 Å². The third-order valence-electron chi connectivity index (χ3n) is 3.30. The number of rotatable bonds is 5. The van der Waals surface area contributed by atoms with Crippen molar-refractivity contribution in [3.05, 3.63) is 58.3 Å². The highest BCUT2D eigenvalue weighted by Gasteiger charge is 2.23. The van der Waals surface area contributed by atoms with Gasteiger partial charge in [-0.1, -0.05) is 6.07 Å². The fourth-order valence-electron chi connectivity index (χ4n) is 2.02. The summed E-state index contributed by atoms with van der Waals surface area (Å²) in [6.07, 6.45) is 5.77. The minimum Gasteiger partial charge on any atom is -0.381 e. The van der Waals surface area contributed by atoms with E-state index in [4.69, 9.17) is 0 Å². The minimum atomic E-state index is 0.00488. The van der Waals surface area contributed by atoms with Crippen LogP contribution in [0.3, 0.4) is 0 Å². The molecule has 1 aromatic carbocycles.